The molecule has 174 valence electrons. The van der Waals surface area contributed by atoms with Crippen molar-refractivity contribution in [3.63, 3.8) is 0 Å². The van der Waals surface area contributed by atoms with Gasteiger partial charge in [-0.15, -0.1) is 0 Å². The minimum atomic E-state index is -0.489. The van der Waals surface area contributed by atoms with Crippen molar-refractivity contribution in [2.24, 2.45) is 5.10 Å². The molecule has 10 heteroatoms. The Morgan fingerprint density at radius 3 is 2.71 bits per heavy atom. The summed E-state index contributed by atoms with van der Waals surface area (Å²) in [7, 11) is 0. The van der Waals surface area contributed by atoms with Gasteiger partial charge < -0.3 is 19.5 Å². The molecule has 0 saturated carbocycles. The highest BCUT2D eigenvalue weighted by molar-refractivity contribution is 6.35. The number of hydrogen-bond acceptors (Lipinski definition) is 6. The van der Waals surface area contributed by atoms with Crippen molar-refractivity contribution in [1.29, 1.82) is 0 Å². The number of hydrazone groups is 1. The van der Waals surface area contributed by atoms with Crippen LogP contribution in [0.5, 0.6) is 17.2 Å². The van der Waals surface area contributed by atoms with E-state index in [0.717, 1.165) is 5.56 Å². The molecule has 0 aliphatic carbocycles. The fraction of sp³-hybridized carbons (Fsp3) is 0.125. The molecule has 0 saturated heterocycles. The second kappa shape index (κ2) is 10.9. The van der Waals surface area contributed by atoms with Crippen LogP contribution in [0.1, 0.15) is 21.5 Å². The minimum Gasteiger partial charge on any atom is -0.488 e. The van der Waals surface area contributed by atoms with Gasteiger partial charge >= 0.3 is 0 Å². The molecule has 3 aromatic rings. The first-order valence-electron chi connectivity index (χ1n) is 10.1. The monoisotopic (exact) mass is 499 g/mol. The standard InChI is InChI=1S/C24H19Cl2N3O5/c25-18-7-5-17(19(26)10-18)13-32-20-4-2-1-3-16(20)11-28-29-23(30)12-27-24(31)15-6-8-21-22(9-15)34-14-33-21/h1-11H,12-14H2,(H,27,31)(H,29,30)/b28-11+. The van der Waals surface area contributed by atoms with Gasteiger partial charge in [-0.2, -0.15) is 5.10 Å². The molecule has 34 heavy (non-hydrogen) atoms. The number of benzene rings is 3. The first kappa shape index (κ1) is 23.4. The maximum absolute atomic E-state index is 12.3. The lowest BCUT2D eigenvalue weighted by Crippen LogP contribution is -2.34. The van der Waals surface area contributed by atoms with Crippen molar-refractivity contribution in [2.45, 2.75) is 6.61 Å². The summed E-state index contributed by atoms with van der Waals surface area (Å²) in [5.41, 5.74) is 4.16. The van der Waals surface area contributed by atoms with Gasteiger partial charge in [0.2, 0.25) is 6.79 Å². The van der Waals surface area contributed by atoms with Crippen LogP contribution in [-0.2, 0) is 11.4 Å². The van der Waals surface area contributed by atoms with Crippen LogP contribution >= 0.6 is 23.2 Å². The number of nitrogens with zero attached hydrogens (tertiary/aromatic N) is 1. The SMILES string of the molecule is O=C(CNC(=O)c1ccc2c(c1)OCO2)N/N=C/c1ccccc1OCc1ccc(Cl)cc1Cl. The summed E-state index contributed by atoms with van der Waals surface area (Å²) in [6, 6.07) is 17.2. The van der Waals surface area contributed by atoms with Gasteiger partial charge in [-0.05, 0) is 42.5 Å². The number of halogens is 2. The average molecular weight is 500 g/mol. The van der Waals surface area contributed by atoms with Crippen LogP contribution in [0.3, 0.4) is 0 Å². The lowest BCUT2D eigenvalue weighted by atomic mass is 10.2. The van der Waals surface area contributed by atoms with Gasteiger partial charge in [0.25, 0.3) is 11.8 Å². The van der Waals surface area contributed by atoms with Crippen molar-refractivity contribution in [1.82, 2.24) is 10.7 Å². The second-order valence-electron chi connectivity index (χ2n) is 7.11. The molecule has 3 aromatic carbocycles. The van der Waals surface area contributed by atoms with Gasteiger partial charge in [0.05, 0.1) is 12.8 Å². The van der Waals surface area contributed by atoms with E-state index in [1.54, 1.807) is 48.5 Å². The van der Waals surface area contributed by atoms with E-state index in [1.165, 1.54) is 6.21 Å². The van der Waals surface area contributed by atoms with Crippen molar-refractivity contribution >= 4 is 41.2 Å². The fourth-order valence-electron chi connectivity index (χ4n) is 3.03. The van der Waals surface area contributed by atoms with Gasteiger partial charge in [0, 0.05) is 26.7 Å². The van der Waals surface area contributed by atoms with E-state index in [1.807, 2.05) is 12.1 Å². The highest BCUT2D eigenvalue weighted by Crippen LogP contribution is 2.32. The van der Waals surface area contributed by atoms with E-state index < -0.39 is 11.8 Å². The Morgan fingerprint density at radius 1 is 1.03 bits per heavy atom. The Morgan fingerprint density at radius 2 is 1.85 bits per heavy atom. The first-order chi connectivity index (χ1) is 16.5. The number of carbonyl (C=O) groups is 2. The zero-order valence-corrected chi connectivity index (χ0v) is 19.2. The van der Waals surface area contributed by atoms with E-state index in [4.69, 9.17) is 37.4 Å². The molecule has 0 bridgehead atoms. The van der Waals surface area contributed by atoms with E-state index in [0.29, 0.717) is 38.4 Å². The van der Waals surface area contributed by atoms with Crippen LogP contribution in [0.15, 0.2) is 65.8 Å². The summed E-state index contributed by atoms with van der Waals surface area (Å²) >= 11 is 12.1. The Balaban J connectivity index is 1.28. The lowest BCUT2D eigenvalue weighted by molar-refractivity contribution is -0.120. The highest BCUT2D eigenvalue weighted by atomic mass is 35.5. The maximum Gasteiger partial charge on any atom is 0.259 e. The van der Waals surface area contributed by atoms with Gasteiger partial charge in [-0.25, -0.2) is 5.43 Å². The first-order valence-corrected chi connectivity index (χ1v) is 10.9. The van der Waals surface area contributed by atoms with Crippen molar-refractivity contribution in [3.8, 4) is 17.2 Å². The quantitative estimate of drug-likeness (QED) is 0.357. The van der Waals surface area contributed by atoms with Crippen molar-refractivity contribution in [3.05, 3.63) is 87.4 Å². The average Bonchev–Trinajstić information content (AvgIpc) is 3.31. The second-order valence-corrected chi connectivity index (χ2v) is 7.95. The Bertz CT molecular complexity index is 1250. The van der Waals surface area contributed by atoms with Crippen LogP contribution in [0.25, 0.3) is 0 Å². The molecule has 1 aliphatic heterocycles. The molecule has 1 heterocycles. The third-order valence-electron chi connectivity index (χ3n) is 4.75. The number of ether oxygens (including phenoxy) is 3. The Labute approximate surface area is 205 Å². The molecule has 2 N–H and O–H groups in total. The van der Waals surface area contributed by atoms with Gasteiger partial charge in [-0.3, -0.25) is 9.59 Å². The minimum absolute atomic E-state index is 0.115. The molecule has 0 fully saturated rings. The predicted molar refractivity (Wildman–Crippen MR) is 128 cm³/mol. The molecule has 0 atom stereocenters. The smallest absolute Gasteiger partial charge is 0.259 e. The van der Waals surface area contributed by atoms with Gasteiger partial charge in [0.15, 0.2) is 11.5 Å². The summed E-state index contributed by atoms with van der Waals surface area (Å²) in [5.74, 6) is 0.710. The van der Waals surface area contributed by atoms with E-state index in [9.17, 15) is 9.59 Å². The third kappa shape index (κ3) is 5.98. The highest BCUT2D eigenvalue weighted by Gasteiger charge is 2.16. The van der Waals surface area contributed by atoms with E-state index in [-0.39, 0.29) is 19.9 Å². The Kier molecular flexibility index (Phi) is 7.51. The number of fused-ring (bicyclic) bond motifs is 1. The zero-order valence-electron chi connectivity index (χ0n) is 17.7. The number of rotatable bonds is 8. The van der Waals surface area contributed by atoms with Crippen molar-refractivity contribution < 1.29 is 23.8 Å². The molecule has 8 nitrogen and oxygen atoms in total. The maximum atomic E-state index is 12.3. The molecule has 1 aliphatic rings. The molecule has 0 aromatic heterocycles. The summed E-state index contributed by atoms with van der Waals surface area (Å²) in [6.45, 7) is 0.0980. The topological polar surface area (TPSA) is 98.3 Å². The number of para-hydroxylation sites is 1. The molecular weight excluding hydrogens is 481 g/mol. The third-order valence-corrected chi connectivity index (χ3v) is 5.34. The lowest BCUT2D eigenvalue weighted by Gasteiger charge is -2.10. The fourth-order valence-corrected chi connectivity index (χ4v) is 3.49. The molecular formula is C24H19Cl2N3O5. The predicted octanol–water partition coefficient (Wildman–Crippen LogP) is 4.18. The van der Waals surface area contributed by atoms with E-state index >= 15 is 0 Å². The molecule has 4 rings (SSSR count). The Hall–Kier alpha value is -3.75. The normalized spacial score (nSPS) is 11.9. The largest absolute Gasteiger partial charge is 0.488 e. The summed E-state index contributed by atoms with van der Waals surface area (Å²) in [4.78, 5) is 24.3. The number of hydrogen-bond donors (Lipinski definition) is 2. The van der Waals surface area contributed by atoms with Crippen LogP contribution in [0.2, 0.25) is 10.0 Å². The zero-order chi connectivity index (χ0) is 23.9. The molecule has 0 unspecified atom stereocenters. The van der Waals surface area contributed by atoms with Crippen molar-refractivity contribution in [2.75, 3.05) is 13.3 Å². The van der Waals surface area contributed by atoms with Crippen LogP contribution in [0.4, 0.5) is 0 Å². The number of amides is 2. The van der Waals surface area contributed by atoms with E-state index in [2.05, 4.69) is 15.8 Å². The van der Waals surface area contributed by atoms with Crippen LogP contribution in [0, 0.1) is 0 Å². The summed E-state index contributed by atoms with van der Waals surface area (Å²) < 4.78 is 16.3. The number of nitrogens with one attached hydrogen (secondary N) is 2. The summed E-state index contributed by atoms with van der Waals surface area (Å²) in [6.07, 6.45) is 1.45. The van der Waals surface area contributed by atoms with Crippen LogP contribution in [-0.4, -0.2) is 31.4 Å². The van der Waals surface area contributed by atoms with Gasteiger partial charge in [-0.1, -0.05) is 41.4 Å². The summed E-state index contributed by atoms with van der Waals surface area (Å²) in [5, 5.41) is 7.53. The van der Waals surface area contributed by atoms with Gasteiger partial charge in [0.1, 0.15) is 12.4 Å². The number of carbonyl (C=O) groups excluding carboxylic acids is 2. The molecule has 2 amide bonds. The molecule has 0 spiro atoms. The molecule has 0 radical (unpaired) electrons. The van der Waals surface area contributed by atoms with Crippen LogP contribution < -0.4 is 25.0 Å².